The number of aromatic nitrogens is 2. The van der Waals surface area contributed by atoms with E-state index >= 15 is 0 Å². The van der Waals surface area contributed by atoms with Gasteiger partial charge in [0.15, 0.2) is 0 Å². The van der Waals surface area contributed by atoms with E-state index < -0.39 is 9.05 Å². The van der Waals surface area contributed by atoms with Gasteiger partial charge in [0, 0.05) is 15.7 Å². The third-order valence-corrected chi connectivity index (χ3v) is 5.02. The molecule has 0 atom stereocenters. The van der Waals surface area contributed by atoms with Crippen LogP contribution in [0.2, 0.25) is 10.2 Å². The Kier molecular flexibility index (Phi) is 5.20. The Hall–Kier alpha value is -0.750. The van der Waals surface area contributed by atoms with Crippen LogP contribution < -0.4 is 0 Å². The summed E-state index contributed by atoms with van der Waals surface area (Å²) in [5.41, 5.74) is 1.30. The molecule has 2 rings (SSSR count). The highest BCUT2D eigenvalue weighted by Gasteiger charge is 2.25. The summed E-state index contributed by atoms with van der Waals surface area (Å²) in [5, 5.41) is 4.93. The zero-order chi connectivity index (χ0) is 15.6. The van der Waals surface area contributed by atoms with Crippen molar-refractivity contribution in [3.05, 3.63) is 45.7 Å². The molecular formula is C13H13Cl3N2O2S. The van der Waals surface area contributed by atoms with Gasteiger partial charge < -0.3 is 0 Å². The third kappa shape index (κ3) is 3.92. The fourth-order valence-corrected chi connectivity index (χ4v) is 3.95. The Labute approximate surface area is 138 Å². The molecule has 0 radical (unpaired) electrons. The van der Waals surface area contributed by atoms with Crippen LogP contribution in [0.3, 0.4) is 0 Å². The lowest BCUT2D eigenvalue weighted by molar-refractivity contribution is 0.608. The van der Waals surface area contributed by atoms with E-state index in [0.717, 1.165) is 12.0 Å². The number of hydrogen-bond donors (Lipinski definition) is 0. The Morgan fingerprint density at radius 1 is 1.19 bits per heavy atom. The van der Waals surface area contributed by atoms with E-state index in [0.29, 0.717) is 23.7 Å². The second kappa shape index (κ2) is 6.57. The van der Waals surface area contributed by atoms with E-state index in [1.54, 1.807) is 12.1 Å². The lowest BCUT2D eigenvalue weighted by Crippen LogP contribution is -2.02. The van der Waals surface area contributed by atoms with Gasteiger partial charge >= 0.3 is 0 Å². The summed E-state index contributed by atoms with van der Waals surface area (Å²) < 4.78 is 24.8. The van der Waals surface area contributed by atoms with Crippen molar-refractivity contribution >= 4 is 42.9 Å². The maximum atomic E-state index is 11.7. The Balaban J connectivity index is 2.43. The smallest absolute Gasteiger partial charge is 0.248 e. The van der Waals surface area contributed by atoms with Gasteiger partial charge in [-0.05, 0) is 24.1 Å². The van der Waals surface area contributed by atoms with Gasteiger partial charge in [-0.3, -0.25) is 0 Å². The quantitative estimate of drug-likeness (QED) is 0.747. The molecule has 0 unspecified atom stereocenters. The van der Waals surface area contributed by atoms with Crippen LogP contribution in [0.25, 0.3) is 0 Å². The molecule has 0 aliphatic rings. The number of halogens is 3. The van der Waals surface area contributed by atoms with Crippen LogP contribution >= 0.6 is 33.9 Å². The molecule has 0 fully saturated rings. The fourth-order valence-electron chi connectivity index (χ4n) is 1.98. The topological polar surface area (TPSA) is 52.0 Å². The van der Waals surface area contributed by atoms with Crippen molar-refractivity contribution in [2.24, 2.45) is 0 Å². The molecule has 1 aromatic carbocycles. The van der Waals surface area contributed by atoms with Crippen LogP contribution in [0.15, 0.2) is 29.2 Å². The molecule has 1 aromatic heterocycles. The molecule has 21 heavy (non-hydrogen) atoms. The first-order valence-electron chi connectivity index (χ1n) is 6.27. The van der Waals surface area contributed by atoms with E-state index in [2.05, 4.69) is 5.10 Å². The maximum Gasteiger partial charge on any atom is 0.266 e. The number of rotatable bonds is 5. The summed E-state index contributed by atoms with van der Waals surface area (Å²) in [6.45, 7) is 2.27. The monoisotopic (exact) mass is 366 g/mol. The molecule has 0 aliphatic heterocycles. The first-order valence-corrected chi connectivity index (χ1v) is 9.33. The Morgan fingerprint density at radius 3 is 2.33 bits per heavy atom. The van der Waals surface area contributed by atoms with Crippen LogP contribution in [0.4, 0.5) is 0 Å². The van der Waals surface area contributed by atoms with Crippen molar-refractivity contribution in [2.75, 3.05) is 0 Å². The molecule has 0 aliphatic carbocycles. The molecule has 0 amide bonds. The molecule has 0 spiro atoms. The van der Waals surface area contributed by atoms with Gasteiger partial charge in [-0.1, -0.05) is 48.7 Å². The molecule has 8 heteroatoms. The summed E-state index contributed by atoms with van der Waals surface area (Å²) in [4.78, 5) is -0.0957. The maximum absolute atomic E-state index is 11.7. The summed E-state index contributed by atoms with van der Waals surface area (Å²) in [5.74, 6) is 0. The first kappa shape index (κ1) is 16.6. The van der Waals surface area contributed by atoms with Gasteiger partial charge in [-0.25, -0.2) is 13.1 Å². The van der Waals surface area contributed by atoms with Crippen LogP contribution in [-0.2, 0) is 22.0 Å². The van der Waals surface area contributed by atoms with Crippen molar-refractivity contribution in [3.63, 3.8) is 0 Å². The molecule has 4 nitrogen and oxygen atoms in total. The minimum absolute atomic E-state index is 0.0309. The van der Waals surface area contributed by atoms with E-state index in [1.165, 1.54) is 4.68 Å². The number of hydrogen-bond acceptors (Lipinski definition) is 3. The van der Waals surface area contributed by atoms with Crippen molar-refractivity contribution in [1.82, 2.24) is 9.78 Å². The van der Waals surface area contributed by atoms with Gasteiger partial charge in [0.1, 0.15) is 10.0 Å². The van der Waals surface area contributed by atoms with Crippen molar-refractivity contribution < 1.29 is 8.42 Å². The van der Waals surface area contributed by atoms with Crippen LogP contribution in [0.5, 0.6) is 0 Å². The molecule has 1 heterocycles. The molecular weight excluding hydrogens is 355 g/mol. The lowest BCUT2D eigenvalue weighted by atomic mass is 10.2. The van der Waals surface area contributed by atoms with Gasteiger partial charge in [0.25, 0.3) is 9.05 Å². The van der Waals surface area contributed by atoms with E-state index in [4.69, 9.17) is 33.9 Å². The molecule has 2 aromatic rings. The minimum Gasteiger partial charge on any atom is -0.248 e. The average Bonchev–Trinajstić information content (AvgIpc) is 2.69. The van der Waals surface area contributed by atoms with Gasteiger partial charge in [0.2, 0.25) is 0 Å². The summed E-state index contributed by atoms with van der Waals surface area (Å²) in [6.07, 6.45) is 1.24. The van der Waals surface area contributed by atoms with E-state index in [9.17, 15) is 8.42 Å². The summed E-state index contributed by atoms with van der Waals surface area (Å²) >= 11 is 12.0. The number of benzene rings is 1. The Morgan fingerprint density at radius 2 is 1.81 bits per heavy atom. The zero-order valence-corrected chi connectivity index (χ0v) is 14.3. The normalized spacial score (nSPS) is 11.8. The molecule has 0 bridgehead atoms. The zero-order valence-electron chi connectivity index (χ0n) is 11.2. The highest BCUT2D eigenvalue weighted by molar-refractivity contribution is 8.13. The van der Waals surface area contributed by atoms with Crippen LogP contribution in [-0.4, -0.2) is 18.2 Å². The number of aryl methyl sites for hydroxylation is 1. The number of nitrogens with zero attached hydrogens (tertiary/aromatic N) is 2. The van der Waals surface area contributed by atoms with Crippen LogP contribution in [0.1, 0.15) is 24.6 Å². The van der Waals surface area contributed by atoms with Gasteiger partial charge in [-0.15, -0.1) is 0 Å². The van der Waals surface area contributed by atoms with E-state index in [1.807, 2.05) is 19.1 Å². The highest BCUT2D eigenvalue weighted by atomic mass is 35.7. The van der Waals surface area contributed by atoms with Crippen molar-refractivity contribution in [3.8, 4) is 0 Å². The second-order valence-corrected chi connectivity index (χ2v) is 7.84. The average molecular weight is 368 g/mol. The van der Waals surface area contributed by atoms with Gasteiger partial charge in [0.05, 0.1) is 12.2 Å². The van der Waals surface area contributed by atoms with Gasteiger partial charge in [-0.2, -0.15) is 5.10 Å². The fraction of sp³-hybridized carbons (Fsp3) is 0.308. The molecule has 0 saturated carbocycles. The molecule has 114 valence electrons. The third-order valence-electron chi connectivity index (χ3n) is 2.89. The predicted octanol–water partition coefficient (Wildman–Crippen LogP) is 4.12. The SMILES string of the molecule is CCCc1nn(Cc2ccc(Cl)cc2)c(Cl)c1S(=O)(=O)Cl. The standard InChI is InChI=1S/C13H13Cl3N2O2S/c1-2-3-11-12(21(16,19)20)13(15)18(17-11)8-9-4-6-10(14)7-5-9/h4-7H,2-3,8H2,1H3. The van der Waals surface area contributed by atoms with Crippen molar-refractivity contribution in [1.29, 1.82) is 0 Å². The molecule has 0 N–H and O–H groups in total. The molecule has 0 saturated heterocycles. The predicted molar refractivity (Wildman–Crippen MR) is 84.8 cm³/mol. The lowest BCUT2D eigenvalue weighted by Gasteiger charge is -2.03. The largest absolute Gasteiger partial charge is 0.266 e. The van der Waals surface area contributed by atoms with Crippen molar-refractivity contribution in [2.45, 2.75) is 31.2 Å². The first-order chi connectivity index (χ1) is 9.82. The second-order valence-electron chi connectivity index (χ2n) is 4.54. The Bertz CT molecular complexity index is 740. The van der Waals surface area contributed by atoms with E-state index in [-0.39, 0.29) is 10.0 Å². The van der Waals surface area contributed by atoms with Crippen LogP contribution in [0, 0.1) is 0 Å². The summed E-state index contributed by atoms with van der Waals surface area (Å²) in [7, 11) is 1.53. The minimum atomic E-state index is -3.93. The summed E-state index contributed by atoms with van der Waals surface area (Å²) in [6, 6.07) is 7.16. The highest BCUT2D eigenvalue weighted by Crippen LogP contribution is 2.29.